The molecule has 0 unspecified atom stereocenters. The third-order valence-electron chi connectivity index (χ3n) is 4.06. The molecule has 0 aliphatic rings. The first kappa shape index (κ1) is 23.9. The van der Waals surface area contributed by atoms with E-state index in [-0.39, 0.29) is 18.9 Å². The number of benzene rings is 2. The lowest BCUT2D eigenvalue weighted by atomic mass is 10.2. The van der Waals surface area contributed by atoms with Crippen LogP contribution in [0.15, 0.2) is 48.5 Å². The Morgan fingerprint density at radius 2 is 1.79 bits per heavy atom. The maximum Gasteiger partial charge on any atom is 0.232 e. The van der Waals surface area contributed by atoms with Gasteiger partial charge in [0.15, 0.2) is 0 Å². The van der Waals surface area contributed by atoms with Gasteiger partial charge in [-0.15, -0.1) is 0 Å². The molecule has 2 aromatic rings. The highest BCUT2D eigenvalue weighted by molar-refractivity contribution is 7.98. The van der Waals surface area contributed by atoms with Crippen molar-refractivity contribution in [1.29, 1.82) is 0 Å². The Hall–Kier alpha value is -1.41. The van der Waals surface area contributed by atoms with Gasteiger partial charge in [-0.05, 0) is 42.3 Å². The Bertz CT molecular complexity index is 906. The molecular formula is C20H24Cl2N2O3S2. The number of carbonyl (C=O) groups excluding carboxylic acids is 1. The van der Waals surface area contributed by atoms with E-state index in [1.54, 1.807) is 36.0 Å². The molecule has 2 rings (SSSR count). The number of sulfonamides is 1. The number of thioether (sulfide) groups is 1. The quantitative estimate of drug-likeness (QED) is 0.483. The van der Waals surface area contributed by atoms with Crippen LogP contribution in [0.5, 0.6) is 0 Å². The highest BCUT2D eigenvalue weighted by Gasteiger charge is 2.17. The van der Waals surface area contributed by atoms with E-state index in [1.807, 2.05) is 24.3 Å². The monoisotopic (exact) mass is 474 g/mol. The summed E-state index contributed by atoms with van der Waals surface area (Å²) in [5.74, 6) is 1.48. The van der Waals surface area contributed by atoms with Crippen molar-refractivity contribution in [2.24, 2.45) is 0 Å². The van der Waals surface area contributed by atoms with Gasteiger partial charge in [-0.25, -0.2) is 8.42 Å². The van der Waals surface area contributed by atoms with Gasteiger partial charge >= 0.3 is 0 Å². The molecule has 0 aliphatic heterocycles. The first-order valence-electron chi connectivity index (χ1n) is 9.08. The number of anilines is 1. The minimum absolute atomic E-state index is 0.0899. The zero-order chi connectivity index (χ0) is 21.3. The van der Waals surface area contributed by atoms with E-state index < -0.39 is 10.0 Å². The summed E-state index contributed by atoms with van der Waals surface area (Å²) < 4.78 is 25.4. The van der Waals surface area contributed by atoms with Gasteiger partial charge < -0.3 is 5.32 Å². The summed E-state index contributed by atoms with van der Waals surface area (Å²) in [6, 6.07) is 14.3. The minimum Gasteiger partial charge on any atom is -0.355 e. The van der Waals surface area contributed by atoms with Gasteiger partial charge in [-0.2, -0.15) is 11.8 Å². The molecule has 158 valence electrons. The Balaban J connectivity index is 1.69. The SMILES string of the molecule is CS(=O)(=O)N(CCCC(=O)NCCSCc1ccccc1Cl)c1ccc(Cl)cc1. The highest BCUT2D eigenvalue weighted by Crippen LogP contribution is 2.21. The van der Waals surface area contributed by atoms with Crippen LogP contribution >= 0.6 is 35.0 Å². The second-order valence-corrected chi connectivity index (χ2v) is 10.3. The number of amides is 1. The number of carbonyl (C=O) groups is 1. The molecule has 0 heterocycles. The van der Waals surface area contributed by atoms with E-state index in [4.69, 9.17) is 23.2 Å². The van der Waals surface area contributed by atoms with Crippen molar-refractivity contribution >= 4 is 56.6 Å². The summed E-state index contributed by atoms with van der Waals surface area (Å²) in [5, 5.41) is 4.15. The minimum atomic E-state index is -3.44. The third kappa shape index (κ3) is 8.46. The molecule has 0 saturated carbocycles. The van der Waals surface area contributed by atoms with Crippen LogP contribution in [-0.4, -0.2) is 39.4 Å². The predicted molar refractivity (Wildman–Crippen MR) is 123 cm³/mol. The van der Waals surface area contributed by atoms with E-state index in [2.05, 4.69) is 5.32 Å². The standard InChI is InChI=1S/C20H24Cl2N2O3S2/c1-29(26,27)24(18-10-8-17(21)9-11-18)13-4-7-20(25)23-12-14-28-15-16-5-2-3-6-19(16)22/h2-3,5-6,8-11H,4,7,12-15H2,1H3,(H,23,25). The molecule has 0 fully saturated rings. The lowest BCUT2D eigenvalue weighted by molar-refractivity contribution is -0.121. The number of rotatable bonds is 11. The molecule has 0 saturated heterocycles. The molecule has 5 nitrogen and oxygen atoms in total. The summed E-state index contributed by atoms with van der Waals surface area (Å²) in [4.78, 5) is 12.0. The molecular weight excluding hydrogens is 451 g/mol. The molecule has 0 aliphatic carbocycles. The topological polar surface area (TPSA) is 66.5 Å². The van der Waals surface area contributed by atoms with Crippen LogP contribution in [0.25, 0.3) is 0 Å². The third-order valence-corrected chi connectivity index (χ3v) is 6.89. The number of hydrogen-bond acceptors (Lipinski definition) is 4. The van der Waals surface area contributed by atoms with Crippen LogP contribution in [0.2, 0.25) is 10.0 Å². The van der Waals surface area contributed by atoms with E-state index in [1.165, 1.54) is 4.31 Å². The summed E-state index contributed by atoms with van der Waals surface area (Å²) >= 11 is 13.7. The van der Waals surface area contributed by atoms with Crippen LogP contribution in [0.3, 0.4) is 0 Å². The zero-order valence-corrected chi connectivity index (χ0v) is 19.3. The van der Waals surface area contributed by atoms with E-state index in [0.29, 0.717) is 23.7 Å². The van der Waals surface area contributed by atoms with Crippen molar-refractivity contribution in [3.63, 3.8) is 0 Å². The summed E-state index contributed by atoms with van der Waals surface area (Å²) in [5.41, 5.74) is 1.61. The van der Waals surface area contributed by atoms with Gasteiger partial charge in [0.25, 0.3) is 0 Å². The van der Waals surface area contributed by atoms with Crippen molar-refractivity contribution in [1.82, 2.24) is 5.32 Å². The maximum atomic E-state index is 12.1. The lowest BCUT2D eigenvalue weighted by Crippen LogP contribution is -2.32. The molecule has 0 bridgehead atoms. The summed E-state index contributed by atoms with van der Waals surface area (Å²) in [6.07, 6.45) is 1.83. The van der Waals surface area contributed by atoms with Crippen molar-refractivity contribution in [3.8, 4) is 0 Å². The first-order valence-corrected chi connectivity index (χ1v) is 12.8. The average Bonchev–Trinajstić information content (AvgIpc) is 2.66. The molecule has 0 atom stereocenters. The molecule has 2 aromatic carbocycles. The van der Waals surface area contributed by atoms with Crippen molar-refractivity contribution in [3.05, 3.63) is 64.1 Å². The lowest BCUT2D eigenvalue weighted by Gasteiger charge is -2.22. The Morgan fingerprint density at radius 1 is 1.10 bits per heavy atom. The molecule has 1 N–H and O–H groups in total. The molecule has 0 aromatic heterocycles. The molecule has 0 radical (unpaired) electrons. The average molecular weight is 475 g/mol. The van der Waals surface area contributed by atoms with Gasteiger partial charge in [0.2, 0.25) is 15.9 Å². The Morgan fingerprint density at radius 3 is 2.45 bits per heavy atom. The van der Waals surface area contributed by atoms with Crippen LogP contribution in [0.4, 0.5) is 5.69 Å². The normalized spacial score (nSPS) is 11.3. The van der Waals surface area contributed by atoms with Crippen LogP contribution in [-0.2, 0) is 20.6 Å². The van der Waals surface area contributed by atoms with Crippen LogP contribution < -0.4 is 9.62 Å². The molecule has 29 heavy (non-hydrogen) atoms. The fourth-order valence-electron chi connectivity index (χ4n) is 2.63. The highest BCUT2D eigenvalue weighted by atomic mass is 35.5. The fourth-order valence-corrected chi connectivity index (χ4v) is 4.86. The molecule has 9 heteroatoms. The van der Waals surface area contributed by atoms with Crippen molar-refractivity contribution < 1.29 is 13.2 Å². The Labute approximate surface area is 186 Å². The Kier molecular flexibility index (Phi) is 9.62. The predicted octanol–water partition coefficient (Wildman–Crippen LogP) is 4.59. The second-order valence-electron chi connectivity index (χ2n) is 6.41. The fraction of sp³-hybridized carbons (Fsp3) is 0.350. The van der Waals surface area contributed by atoms with Crippen LogP contribution in [0.1, 0.15) is 18.4 Å². The second kappa shape index (κ2) is 11.7. The van der Waals surface area contributed by atoms with E-state index >= 15 is 0 Å². The number of halogens is 2. The molecule has 1 amide bonds. The maximum absolute atomic E-state index is 12.1. The first-order chi connectivity index (χ1) is 13.8. The van der Waals surface area contributed by atoms with Gasteiger partial charge in [0, 0.05) is 41.1 Å². The summed E-state index contributed by atoms with van der Waals surface area (Å²) in [7, 11) is -3.44. The van der Waals surface area contributed by atoms with Gasteiger partial charge in [0.1, 0.15) is 0 Å². The number of hydrogen-bond donors (Lipinski definition) is 1. The summed E-state index contributed by atoms with van der Waals surface area (Å²) in [6.45, 7) is 0.788. The van der Waals surface area contributed by atoms with Gasteiger partial charge in [-0.1, -0.05) is 41.4 Å². The molecule has 0 spiro atoms. The van der Waals surface area contributed by atoms with Gasteiger partial charge in [-0.3, -0.25) is 9.10 Å². The number of nitrogens with one attached hydrogen (secondary N) is 1. The van der Waals surface area contributed by atoms with E-state index in [0.717, 1.165) is 28.3 Å². The van der Waals surface area contributed by atoms with Crippen LogP contribution in [0, 0.1) is 0 Å². The largest absolute Gasteiger partial charge is 0.355 e. The number of nitrogens with zero attached hydrogens (tertiary/aromatic N) is 1. The zero-order valence-electron chi connectivity index (χ0n) is 16.1. The van der Waals surface area contributed by atoms with Gasteiger partial charge in [0.05, 0.1) is 11.9 Å². The van der Waals surface area contributed by atoms with Crippen molar-refractivity contribution in [2.75, 3.05) is 29.4 Å². The smallest absolute Gasteiger partial charge is 0.232 e. The van der Waals surface area contributed by atoms with E-state index in [9.17, 15) is 13.2 Å². The van der Waals surface area contributed by atoms with Crippen molar-refractivity contribution in [2.45, 2.75) is 18.6 Å².